The number of nitriles is 1. The molecule has 0 bridgehead atoms. The summed E-state index contributed by atoms with van der Waals surface area (Å²) in [5.41, 5.74) is 2.70. The third-order valence-corrected chi connectivity index (χ3v) is 4.68. The second-order valence-corrected chi connectivity index (χ2v) is 7.26. The van der Waals surface area contributed by atoms with Gasteiger partial charge in [-0.2, -0.15) is 5.26 Å². The van der Waals surface area contributed by atoms with Gasteiger partial charge in [0.25, 0.3) is 0 Å². The van der Waals surface area contributed by atoms with Crippen LogP contribution in [-0.2, 0) is 0 Å². The van der Waals surface area contributed by atoms with Crippen LogP contribution in [0.3, 0.4) is 0 Å². The minimum absolute atomic E-state index is 0.154. The van der Waals surface area contributed by atoms with Crippen molar-refractivity contribution in [3.8, 4) is 17.3 Å². The van der Waals surface area contributed by atoms with Crippen molar-refractivity contribution < 1.29 is 0 Å². The summed E-state index contributed by atoms with van der Waals surface area (Å²) in [6.07, 6.45) is 3.45. The summed E-state index contributed by atoms with van der Waals surface area (Å²) in [7, 11) is 0. The quantitative estimate of drug-likeness (QED) is 0.467. The molecule has 0 radical (unpaired) electrons. The van der Waals surface area contributed by atoms with E-state index in [0.29, 0.717) is 11.6 Å². The zero-order valence-electron chi connectivity index (χ0n) is 16.4. The van der Waals surface area contributed by atoms with Crippen LogP contribution < -0.4 is 4.90 Å². The number of pyridine rings is 1. The van der Waals surface area contributed by atoms with Gasteiger partial charge in [0.15, 0.2) is 0 Å². The first-order valence-corrected chi connectivity index (χ1v) is 9.61. The molecular formula is C24H21N5. The summed E-state index contributed by atoms with van der Waals surface area (Å²) in [5, 5.41) is 11.2. The van der Waals surface area contributed by atoms with Gasteiger partial charge in [0.2, 0.25) is 5.82 Å². The van der Waals surface area contributed by atoms with E-state index >= 15 is 0 Å². The summed E-state index contributed by atoms with van der Waals surface area (Å²) in [4.78, 5) is 15.5. The minimum Gasteiger partial charge on any atom is -0.326 e. The van der Waals surface area contributed by atoms with Crippen molar-refractivity contribution in [2.24, 2.45) is 5.92 Å². The van der Waals surface area contributed by atoms with Gasteiger partial charge in [-0.3, -0.25) is 0 Å². The van der Waals surface area contributed by atoms with Crippen LogP contribution in [0.1, 0.15) is 19.7 Å². The zero-order valence-corrected chi connectivity index (χ0v) is 16.4. The highest BCUT2D eigenvalue weighted by molar-refractivity contribution is 6.02. The van der Waals surface area contributed by atoms with Gasteiger partial charge >= 0.3 is 0 Å². The zero-order chi connectivity index (χ0) is 20.2. The Labute approximate surface area is 170 Å². The van der Waals surface area contributed by atoms with Crippen molar-refractivity contribution in [1.82, 2.24) is 15.0 Å². The Morgan fingerprint density at radius 1 is 0.931 bits per heavy atom. The molecule has 4 aromatic rings. The number of nitrogens with zero attached hydrogens (tertiary/aromatic N) is 5. The van der Waals surface area contributed by atoms with Gasteiger partial charge in [-0.05, 0) is 29.5 Å². The van der Waals surface area contributed by atoms with Crippen LogP contribution in [0.4, 0.5) is 11.5 Å². The average Bonchev–Trinajstić information content (AvgIpc) is 2.77. The fourth-order valence-corrected chi connectivity index (χ4v) is 3.45. The van der Waals surface area contributed by atoms with E-state index in [9.17, 15) is 0 Å². The number of rotatable bonds is 5. The van der Waals surface area contributed by atoms with E-state index in [2.05, 4.69) is 53.0 Å². The number of hydrogen-bond acceptors (Lipinski definition) is 5. The highest BCUT2D eigenvalue weighted by Crippen LogP contribution is 2.35. The maximum atomic E-state index is 9.15. The summed E-state index contributed by atoms with van der Waals surface area (Å²) < 4.78 is 0. The van der Waals surface area contributed by atoms with Crippen molar-refractivity contribution >= 4 is 22.3 Å². The van der Waals surface area contributed by atoms with E-state index in [-0.39, 0.29) is 5.82 Å². The number of fused-ring (bicyclic) bond motifs is 1. The monoisotopic (exact) mass is 379 g/mol. The Bertz CT molecular complexity index is 1180. The molecule has 0 saturated heterocycles. The number of hydrogen-bond donors (Lipinski definition) is 0. The largest absolute Gasteiger partial charge is 0.326 e. The van der Waals surface area contributed by atoms with Crippen molar-refractivity contribution in [1.29, 1.82) is 5.26 Å². The van der Waals surface area contributed by atoms with Crippen LogP contribution in [0.15, 0.2) is 73.1 Å². The van der Waals surface area contributed by atoms with Crippen LogP contribution in [0.5, 0.6) is 0 Å². The summed E-state index contributed by atoms with van der Waals surface area (Å²) in [5.74, 6) is 1.54. The molecule has 0 N–H and O–H groups in total. The molecule has 0 atom stereocenters. The maximum Gasteiger partial charge on any atom is 0.232 e. The average molecular weight is 379 g/mol. The number of benzene rings is 2. The number of para-hydroxylation sites is 1. The van der Waals surface area contributed by atoms with Gasteiger partial charge in [0, 0.05) is 35.6 Å². The van der Waals surface area contributed by atoms with Crippen molar-refractivity contribution in [2.75, 3.05) is 11.4 Å². The first kappa shape index (κ1) is 18.6. The van der Waals surface area contributed by atoms with E-state index in [4.69, 9.17) is 10.2 Å². The third-order valence-electron chi connectivity index (χ3n) is 4.68. The van der Waals surface area contributed by atoms with Gasteiger partial charge in [0.1, 0.15) is 11.9 Å². The summed E-state index contributed by atoms with van der Waals surface area (Å²) in [6.45, 7) is 5.26. The van der Waals surface area contributed by atoms with Gasteiger partial charge < -0.3 is 4.90 Å². The standard InChI is InChI=1S/C24H21N5/c1-17(2)16-29(18-8-4-3-5-9-18)24-20-11-7-6-10-19(20)21(15-27-24)22-12-13-26-23(14-25)28-22/h3-13,15,17H,16H2,1-2H3. The topological polar surface area (TPSA) is 65.7 Å². The molecule has 142 valence electrons. The molecular weight excluding hydrogens is 358 g/mol. The van der Waals surface area contributed by atoms with Crippen LogP contribution in [0, 0.1) is 17.2 Å². The molecule has 0 saturated carbocycles. The third kappa shape index (κ3) is 3.78. The van der Waals surface area contributed by atoms with E-state index in [1.165, 1.54) is 0 Å². The lowest BCUT2D eigenvalue weighted by molar-refractivity contribution is 0.649. The van der Waals surface area contributed by atoms with Crippen LogP contribution in [0.25, 0.3) is 22.0 Å². The van der Waals surface area contributed by atoms with Gasteiger partial charge in [0.05, 0.1) is 5.69 Å². The van der Waals surface area contributed by atoms with Crippen molar-refractivity contribution in [2.45, 2.75) is 13.8 Å². The number of anilines is 2. The minimum atomic E-state index is 0.154. The Morgan fingerprint density at radius 3 is 2.38 bits per heavy atom. The summed E-state index contributed by atoms with van der Waals surface area (Å²) >= 11 is 0. The highest BCUT2D eigenvalue weighted by Gasteiger charge is 2.18. The molecule has 2 aromatic carbocycles. The molecule has 0 aliphatic carbocycles. The smallest absolute Gasteiger partial charge is 0.232 e. The van der Waals surface area contributed by atoms with Crippen molar-refractivity contribution in [3.05, 3.63) is 78.9 Å². The normalized spacial score (nSPS) is 10.8. The van der Waals surface area contributed by atoms with Crippen molar-refractivity contribution in [3.63, 3.8) is 0 Å². The van der Waals surface area contributed by atoms with E-state index in [1.807, 2.05) is 48.7 Å². The Balaban J connectivity index is 1.91. The van der Waals surface area contributed by atoms with Crippen LogP contribution >= 0.6 is 0 Å². The molecule has 5 nitrogen and oxygen atoms in total. The van der Waals surface area contributed by atoms with E-state index in [0.717, 1.165) is 34.4 Å². The SMILES string of the molecule is CC(C)CN(c1ccccc1)c1ncc(-c2ccnc(C#N)n2)c2ccccc12. The molecule has 0 spiro atoms. The first-order valence-electron chi connectivity index (χ1n) is 9.61. The molecule has 0 aliphatic heterocycles. The molecule has 0 fully saturated rings. The Morgan fingerprint density at radius 2 is 1.66 bits per heavy atom. The fourth-order valence-electron chi connectivity index (χ4n) is 3.45. The van der Waals surface area contributed by atoms with E-state index < -0.39 is 0 Å². The lowest BCUT2D eigenvalue weighted by Gasteiger charge is -2.27. The summed E-state index contributed by atoms with van der Waals surface area (Å²) in [6, 6.07) is 22.3. The first-order chi connectivity index (χ1) is 14.2. The second kappa shape index (κ2) is 8.07. The molecule has 0 aliphatic rings. The molecule has 29 heavy (non-hydrogen) atoms. The molecule has 0 unspecified atom stereocenters. The molecule has 2 aromatic heterocycles. The van der Waals surface area contributed by atoms with Gasteiger partial charge in [-0.1, -0.05) is 56.3 Å². The second-order valence-electron chi connectivity index (χ2n) is 7.26. The predicted molar refractivity (Wildman–Crippen MR) is 116 cm³/mol. The van der Waals surface area contributed by atoms with E-state index in [1.54, 1.807) is 6.20 Å². The lowest BCUT2D eigenvalue weighted by Crippen LogP contribution is -2.23. The van der Waals surface area contributed by atoms with Crippen LogP contribution in [-0.4, -0.2) is 21.5 Å². The van der Waals surface area contributed by atoms with Gasteiger partial charge in [-0.25, -0.2) is 15.0 Å². The predicted octanol–water partition coefficient (Wildman–Crippen LogP) is 5.36. The lowest BCUT2D eigenvalue weighted by atomic mass is 10.0. The number of aromatic nitrogens is 3. The maximum absolute atomic E-state index is 9.15. The highest BCUT2D eigenvalue weighted by atomic mass is 15.2. The Kier molecular flexibility index (Phi) is 5.17. The molecule has 5 heteroatoms. The molecule has 2 heterocycles. The fraction of sp³-hybridized carbons (Fsp3) is 0.167. The molecule has 4 rings (SSSR count). The van der Waals surface area contributed by atoms with Gasteiger partial charge in [-0.15, -0.1) is 0 Å². The van der Waals surface area contributed by atoms with Crippen LogP contribution in [0.2, 0.25) is 0 Å². The molecule has 0 amide bonds. The Hall–Kier alpha value is -3.78.